The summed E-state index contributed by atoms with van der Waals surface area (Å²) in [6.45, 7) is 11.5. The monoisotopic (exact) mass is 393 g/mol. The van der Waals surface area contributed by atoms with Gasteiger partial charge in [-0.3, -0.25) is 4.79 Å². The van der Waals surface area contributed by atoms with Crippen molar-refractivity contribution < 1.29 is 24.2 Å². The van der Waals surface area contributed by atoms with Crippen LogP contribution in [-0.4, -0.2) is 46.9 Å². The summed E-state index contributed by atoms with van der Waals surface area (Å²) >= 11 is 0. The van der Waals surface area contributed by atoms with Crippen LogP contribution in [0, 0.1) is 5.92 Å². The van der Waals surface area contributed by atoms with Crippen LogP contribution in [-0.2, 0) is 20.7 Å². The molecule has 0 bridgehead atoms. The second-order valence-corrected chi connectivity index (χ2v) is 9.15. The van der Waals surface area contributed by atoms with E-state index >= 15 is 0 Å². The average molecular weight is 394 g/mol. The van der Waals surface area contributed by atoms with Crippen molar-refractivity contribution in [3.63, 3.8) is 0 Å². The molecule has 1 N–H and O–H groups in total. The average Bonchev–Trinajstić information content (AvgIpc) is 2.50. The van der Waals surface area contributed by atoms with E-state index in [0.29, 0.717) is 25.8 Å². The van der Waals surface area contributed by atoms with Crippen LogP contribution in [0.2, 0.25) is 0 Å². The van der Waals surface area contributed by atoms with Crippen LogP contribution in [0.4, 0.5) is 4.79 Å². The van der Waals surface area contributed by atoms with Crippen molar-refractivity contribution in [2.75, 3.05) is 13.6 Å². The zero-order chi connectivity index (χ0) is 21.5. The van der Waals surface area contributed by atoms with E-state index in [9.17, 15) is 14.7 Å². The van der Waals surface area contributed by atoms with Gasteiger partial charge in [0.25, 0.3) is 0 Å². The lowest BCUT2D eigenvalue weighted by Crippen LogP contribution is -2.35. The highest BCUT2D eigenvalue weighted by atomic mass is 16.6. The van der Waals surface area contributed by atoms with Crippen LogP contribution in [0.25, 0.3) is 0 Å². The number of amides is 1. The second-order valence-electron chi connectivity index (χ2n) is 9.15. The molecule has 0 fully saturated rings. The van der Waals surface area contributed by atoms with Gasteiger partial charge in [-0.05, 0) is 78.5 Å². The molecular formula is C22H35NO5. The molecule has 1 aromatic rings. The molecule has 1 amide bonds. The molecule has 158 valence electrons. The lowest BCUT2D eigenvalue weighted by Gasteiger charge is -2.26. The Bertz CT molecular complexity index is 658. The minimum absolute atomic E-state index is 0.171. The van der Waals surface area contributed by atoms with E-state index in [1.165, 1.54) is 4.90 Å². The quantitative estimate of drug-likeness (QED) is 0.688. The zero-order valence-corrected chi connectivity index (χ0v) is 18.2. The Morgan fingerprint density at radius 3 is 2.21 bits per heavy atom. The summed E-state index contributed by atoms with van der Waals surface area (Å²) in [7, 11) is 1.69. The fraction of sp³-hybridized carbons (Fsp3) is 0.636. The van der Waals surface area contributed by atoms with Crippen molar-refractivity contribution in [1.29, 1.82) is 0 Å². The Morgan fingerprint density at radius 2 is 1.68 bits per heavy atom. The first-order valence-corrected chi connectivity index (χ1v) is 9.72. The number of carbonyl (C=O) groups is 2. The first-order valence-electron chi connectivity index (χ1n) is 9.72. The third-order valence-electron chi connectivity index (χ3n) is 3.88. The molecule has 1 unspecified atom stereocenters. The minimum atomic E-state index is -0.568. The lowest BCUT2D eigenvalue weighted by molar-refractivity contribution is -0.160. The Morgan fingerprint density at radius 1 is 1.07 bits per heavy atom. The molecule has 1 rings (SSSR count). The summed E-state index contributed by atoms with van der Waals surface area (Å²) in [6.07, 6.45) is 1.30. The highest BCUT2D eigenvalue weighted by Crippen LogP contribution is 2.22. The number of benzene rings is 1. The van der Waals surface area contributed by atoms with Crippen LogP contribution < -0.4 is 0 Å². The van der Waals surface area contributed by atoms with Crippen LogP contribution in [0.5, 0.6) is 5.75 Å². The number of hydrogen-bond donors (Lipinski definition) is 1. The fourth-order valence-electron chi connectivity index (χ4n) is 2.66. The topological polar surface area (TPSA) is 76.1 Å². The summed E-state index contributed by atoms with van der Waals surface area (Å²) in [6, 6.07) is 6.89. The summed E-state index contributed by atoms with van der Waals surface area (Å²) < 4.78 is 10.9. The van der Waals surface area contributed by atoms with Crippen molar-refractivity contribution in [1.82, 2.24) is 4.90 Å². The third kappa shape index (κ3) is 9.62. The Kier molecular flexibility index (Phi) is 8.33. The van der Waals surface area contributed by atoms with Gasteiger partial charge >= 0.3 is 12.1 Å². The van der Waals surface area contributed by atoms with Gasteiger partial charge in [0, 0.05) is 13.6 Å². The molecule has 0 aliphatic heterocycles. The van der Waals surface area contributed by atoms with E-state index < -0.39 is 11.2 Å². The Hall–Kier alpha value is -2.24. The van der Waals surface area contributed by atoms with E-state index in [1.54, 1.807) is 25.2 Å². The van der Waals surface area contributed by atoms with Gasteiger partial charge in [0.2, 0.25) is 0 Å². The maximum Gasteiger partial charge on any atom is 0.410 e. The SMILES string of the molecule is CN(CCCC(Cc1cccc(O)c1)C(=O)OC(C)(C)C)C(=O)OC(C)(C)C. The summed E-state index contributed by atoms with van der Waals surface area (Å²) in [5.41, 5.74) is -0.238. The van der Waals surface area contributed by atoms with Crippen LogP contribution in [0.15, 0.2) is 24.3 Å². The zero-order valence-electron chi connectivity index (χ0n) is 18.2. The molecule has 0 spiro atoms. The predicted octanol–water partition coefficient (Wildman–Crippen LogP) is 4.54. The molecule has 6 heteroatoms. The number of carbonyl (C=O) groups excluding carboxylic acids is 2. The number of phenolic OH excluding ortho intramolecular Hbond substituents is 1. The highest BCUT2D eigenvalue weighted by molar-refractivity contribution is 5.73. The number of ether oxygens (including phenoxy) is 2. The number of nitrogens with zero attached hydrogens (tertiary/aromatic N) is 1. The molecule has 0 saturated heterocycles. The van der Waals surface area contributed by atoms with Gasteiger partial charge in [-0.15, -0.1) is 0 Å². The molecule has 1 aromatic carbocycles. The molecule has 0 aliphatic carbocycles. The molecule has 0 heterocycles. The highest BCUT2D eigenvalue weighted by Gasteiger charge is 2.26. The van der Waals surface area contributed by atoms with Gasteiger partial charge in [-0.2, -0.15) is 0 Å². The van der Waals surface area contributed by atoms with E-state index in [-0.39, 0.29) is 23.7 Å². The molecular weight excluding hydrogens is 358 g/mol. The van der Waals surface area contributed by atoms with E-state index in [4.69, 9.17) is 9.47 Å². The molecule has 0 radical (unpaired) electrons. The Balaban J connectivity index is 2.72. The first kappa shape index (κ1) is 23.8. The molecule has 0 aliphatic rings. The normalized spacial score (nSPS) is 13.0. The van der Waals surface area contributed by atoms with Gasteiger partial charge in [0.1, 0.15) is 17.0 Å². The predicted molar refractivity (Wildman–Crippen MR) is 109 cm³/mol. The molecule has 6 nitrogen and oxygen atoms in total. The maximum atomic E-state index is 12.7. The van der Waals surface area contributed by atoms with Gasteiger partial charge in [0.05, 0.1) is 5.92 Å². The fourth-order valence-corrected chi connectivity index (χ4v) is 2.66. The lowest BCUT2D eigenvalue weighted by atomic mass is 9.94. The number of rotatable bonds is 7. The standard InChI is InChI=1S/C22H35NO5/c1-21(2,3)27-19(25)17(14-16-10-8-12-18(24)15-16)11-9-13-23(7)20(26)28-22(4,5)6/h8,10,12,15,17,24H,9,11,13-14H2,1-7H3. The molecule has 0 saturated carbocycles. The van der Waals surface area contributed by atoms with Crippen molar-refractivity contribution in [2.24, 2.45) is 5.92 Å². The van der Waals surface area contributed by atoms with Crippen molar-refractivity contribution in [3.05, 3.63) is 29.8 Å². The van der Waals surface area contributed by atoms with Crippen molar-refractivity contribution in [2.45, 2.75) is 72.0 Å². The first-order chi connectivity index (χ1) is 12.8. The third-order valence-corrected chi connectivity index (χ3v) is 3.88. The van der Waals surface area contributed by atoms with E-state index in [0.717, 1.165) is 5.56 Å². The van der Waals surface area contributed by atoms with Crippen molar-refractivity contribution >= 4 is 12.1 Å². The van der Waals surface area contributed by atoms with Gasteiger partial charge in [0.15, 0.2) is 0 Å². The van der Waals surface area contributed by atoms with E-state index in [1.807, 2.05) is 47.6 Å². The van der Waals surface area contributed by atoms with Gasteiger partial charge < -0.3 is 19.5 Å². The number of phenols is 1. The molecule has 1 atom stereocenters. The van der Waals surface area contributed by atoms with Crippen molar-refractivity contribution in [3.8, 4) is 5.75 Å². The minimum Gasteiger partial charge on any atom is -0.508 e. The molecule has 0 aromatic heterocycles. The number of esters is 1. The Labute approximate surface area is 168 Å². The van der Waals surface area contributed by atoms with Crippen LogP contribution in [0.3, 0.4) is 0 Å². The number of hydrogen-bond acceptors (Lipinski definition) is 5. The maximum absolute atomic E-state index is 12.7. The summed E-state index contributed by atoms with van der Waals surface area (Å²) in [4.78, 5) is 26.2. The smallest absolute Gasteiger partial charge is 0.410 e. The summed E-state index contributed by atoms with van der Waals surface area (Å²) in [5.74, 6) is -0.450. The second kappa shape index (κ2) is 9.80. The van der Waals surface area contributed by atoms with Gasteiger partial charge in [-0.1, -0.05) is 12.1 Å². The largest absolute Gasteiger partial charge is 0.508 e. The van der Waals surface area contributed by atoms with E-state index in [2.05, 4.69) is 0 Å². The van der Waals surface area contributed by atoms with Crippen LogP contribution in [0.1, 0.15) is 59.9 Å². The summed E-state index contributed by atoms with van der Waals surface area (Å²) in [5, 5.41) is 9.68. The molecule has 28 heavy (non-hydrogen) atoms. The number of aromatic hydroxyl groups is 1. The van der Waals surface area contributed by atoms with Gasteiger partial charge in [-0.25, -0.2) is 4.79 Å². The van der Waals surface area contributed by atoms with Crippen LogP contribution >= 0.6 is 0 Å².